The molecule has 1 aliphatic carbocycles. The first-order valence-electron chi connectivity index (χ1n) is 12.9. The van der Waals surface area contributed by atoms with Crippen LogP contribution in [0.1, 0.15) is 37.7 Å². The minimum Gasteiger partial charge on any atom is -0.486 e. The number of ether oxygens (including phenoxy) is 3. The Bertz CT molecular complexity index is 1140. The highest BCUT2D eigenvalue weighted by molar-refractivity contribution is 5.89. The van der Waals surface area contributed by atoms with Crippen molar-refractivity contribution in [1.29, 1.82) is 5.26 Å². The molecule has 1 unspecified atom stereocenters. The lowest BCUT2D eigenvalue weighted by molar-refractivity contribution is -0.142. The Hall–Kier alpha value is -3.75. The summed E-state index contributed by atoms with van der Waals surface area (Å²) in [5.41, 5.74) is 1.99. The van der Waals surface area contributed by atoms with Gasteiger partial charge in [-0.15, -0.1) is 0 Å². The topological polar surface area (TPSA) is 134 Å². The maximum atomic E-state index is 13.1. The molecule has 2 saturated heterocycles. The first-order valence-corrected chi connectivity index (χ1v) is 12.9. The fourth-order valence-corrected chi connectivity index (χ4v) is 4.96. The molecule has 11 heteroatoms. The van der Waals surface area contributed by atoms with Gasteiger partial charge in [0.1, 0.15) is 42.2 Å². The minimum absolute atomic E-state index is 0.0363. The number of morpholine rings is 1. The van der Waals surface area contributed by atoms with Crippen LogP contribution < -0.4 is 10.1 Å². The summed E-state index contributed by atoms with van der Waals surface area (Å²) in [6.45, 7) is 2.25. The van der Waals surface area contributed by atoms with Crippen LogP contribution >= 0.6 is 0 Å². The summed E-state index contributed by atoms with van der Waals surface area (Å²) in [5, 5.41) is 12.3. The zero-order valence-corrected chi connectivity index (χ0v) is 21.6. The highest BCUT2D eigenvalue weighted by Gasteiger charge is 2.30. The van der Waals surface area contributed by atoms with E-state index in [1.165, 1.54) is 12.3 Å². The number of nitrogens with zero attached hydrogens (tertiary/aromatic N) is 4. The summed E-state index contributed by atoms with van der Waals surface area (Å²) >= 11 is 0. The Morgan fingerprint density at radius 1 is 1.32 bits per heavy atom. The van der Waals surface area contributed by atoms with Crippen LogP contribution in [0, 0.1) is 11.3 Å². The molecule has 1 aromatic heterocycles. The van der Waals surface area contributed by atoms with E-state index in [1.807, 2.05) is 6.08 Å². The number of hydrogen-bond donors (Lipinski definition) is 1. The first kappa shape index (κ1) is 27.3. The number of hydrogen-bond acceptors (Lipinski definition) is 8. The van der Waals surface area contributed by atoms with E-state index >= 15 is 0 Å². The van der Waals surface area contributed by atoms with Crippen molar-refractivity contribution in [2.45, 2.75) is 44.3 Å². The van der Waals surface area contributed by atoms with Crippen LogP contribution in [0.3, 0.4) is 0 Å². The molecule has 1 aromatic rings. The fraction of sp³-hybridized carbons (Fsp3) is 0.519. The number of nitrogens with one attached hydrogen (secondary N) is 1. The van der Waals surface area contributed by atoms with Crippen LogP contribution in [0.2, 0.25) is 0 Å². The average molecular weight is 524 g/mol. The number of aromatic nitrogens is 1. The number of allylic oxidation sites excluding steroid dienone is 1. The Morgan fingerprint density at radius 3 is 2.92 bits per heavy atom. The summed E-state index contributed by atoms with van der Waals surface area (Å²) in [7, 11) is 1.65. The molecule has 2 atom stereocenters. The molecule has 2 aliphatic heterocycles. The highest BCUT2D eigenvalue weighted by Crippen LogP contribution is 2.29. The summed E-state index contributed by atoms with van der Waals surface area (Å²) in [6, 6.07) is 3.35. The number of aldehydes is 1. The second kappa shape index (κ2) is 13.2. The molecule has 0 spiro atoms. The van der Waals surface area contributed by atoms with Crippen molar-refractivity contribution in [3.05, 3.63) is 41.1 Å². The van der Waals surface area contributed by atoms with Gasteiger partial charge >= 0.3 is 6.03 Å². The number of anilines is 1. The third-order valence-electron chi connectivity index (χ3n) is 6.93. The van der Waals surface area contributed by atoms with Crippen LogP contribution in [0.15, 0.2) is 35.6 Å². The summed E-state index contributed by atoms with van der Waals surface area (Å²) in [5.74, 6) is 0.548. The zero-order valence-electron chi connectivity index (χ0n) is 21.6. The molecule has 1 saturated carbocycles. The second-order valence-electron chi connectivity index (χ2n) is 9.54. The van der Waals surface area contributed by atoms with Gasteiger partial charge in [-0.25, -0.2) is 9.78 Å². The Morgan fingerprint density at radius 2 is 2.16 bits per heavy atom. The number of carbonyl (C=O) groups excluding carboxylic acids is 3. The quantitative estimate of drug-likeness (QED) is 0.406. The zero-order chi connectivity index (χ0) is 26.9. The van der Waals surface area contributed by atoms with E-state index < -0.39 is 0 Å². The lowest BCUT2D eigenvalue weighted by Gasteiger charge is -2.30. The molecular weight excluding hydrogens is 490 g/mol. The maximum absolute atomic E-state index is 13.1. The molecule has 0 bridgehead atoms. The molecular formula is C27H33N5O6. The second-order valence-corrected chi connectivity index (χ2v) is 9.54. The molecule has 0 aromatic carbocycles. The van der Waals surface area contributed by atoms with Gasteiger partial charge in [-0.2, -0.15) is 5.26 Å². The van der Waals surface area contributed by atoms with Crippen molar-refractivity contribution >= 4 is 24.0 Å². The van der Waals surface area contributed by atoms with Crippen molar-refractivity contribution in [2.75, 3.05) is 51.8 Å². The maximum Gasteiger partial charge on any atom is 0.323 e. The molecule has 3 fully saturated rings. The van der Waals surface area contributed by atoms with E-state index in [4.69, 9.17) is 14.2 Å². The van der Waals surface area contributed by atoms with Crippen molar-refractivity contribution in [3.8, 4) is 11.8 Å². The molecule has 3 heterocycles. The van der Waals surface area contributed by atoms with Crippen LogP contribution in [-0.2, 0) is 19.1 Å². The molecule has 3 aliphatic rings. The largest absolute Gasteiger partial charge is 0.486 e. The number of amides is 3. The number of urea groups is 1. The average Bonchev–Trinajstić information content (AvgIpc) is 3.37. The van der Waals surface area contributed by atoms with E-state index in [-0.39, 0.29) is 30.8 Å². The first-order chi connectivity index (χ1) is 18.5. The highest BCUT2D eigenvalue weighted by atomic mass is 16.5. The fourth-order valence-electron chi connectivity index (χ4n) is 4.96. The van der Waals surface area contributed by atoms with Gasteiger partial charge < -0.3 is 24.0 Å². The van der Waals surface area contributed by atoms with Gasteiger partial charge in [0.2, 0.25) is 5.91 Å². The standard InChI is InChI=1S/C27H33N5O6/c1-36-22-5-2-6-23(22)38-24-13-25(29-15-21(24)14-28)30-27(35)32-8-3-4-19(17-32)12-20(7-10-33)16-31-9-11-37-18-26(31)34/h7,10,12-13,15,22-23H,2-6,8-9,11,16-18H2,1H3,(H,29,30,35)/b19-12-,20-7-/t22-,23?/m1/s1. The predicted octanol–water partition coefficient (Wildman–Crippen LogP) is 2.44. The smallest absolute Gasteiger partial charge is 0.323 e. The minimum atomic E-state index is -0.321. The molecule has 4 rings (SSSR count). The van der Waals surface area contributed by atoms with E-state index in [9.17, 15) is 19.6 Å². The van der Waals surface area contributed by atoms with Gasteiger partial charge in [-0.1, -0.05) is 11.6 Å². The van der Waals surface area contributed by atoms with Gasteiger partial charge in [0.05, 0.1) is 18.9 Å². The van der Waals surface area contributed by atoms with Gasteiger partial charge in [-0.3, -0.25) is 14.9 Å². The summed E-state index contributed by atoms with van der Waals surface area (Å²) in [4.78, 5) is 44.0. The number of piperidine rings is 1. The lowest BCUT2D eigenvalue weighted by Crippen LogP contribution is -2.42. The number of likely N-dealkylation sites (tertiary alicyclic amines) is 1. The van der Waals surface area contributed by atoms with Crippen LogP contribution in [0.5, 0.6) is 5.75 Å². The third kappa shape index (κ3) is 6.96. The molecule has 0 radical (unpaired) electrons. The molecule has 202 valence electrons. The molecule has 3 amide bonds. The predicted molar refractivity (Wildman–Crippen MR) is 137 cm³/mol. The van der Waals surface area contributed by atoms with E-state index in [0.29, 0.717) is 61.8 Å². The van der Waals surface area contributed by atoms with Crippen molar-refractivity contribution in [3.63, 3.8) is 0 Å². The van der Waals surface area contributed by atoms with Crippen LogP contribution in [0.4, 0.5) is 10.6 Å². The van der Waals surface area contributed by atoms with E-state index in [1.54, 1.807) is 23.0 Å². The van der Waals surface area contributed by atoms with Crippen LogP contribution in [-0.4, -0.2) is 91.7 Å². The van der Waals surface area contributed by atoms with E-state index in [2.05, 4.69) is 16.4 Å². The molecule has 11 nitrogen and oxygen atoms in total. The lowest BCUT2D eigenvalue weighted by atomic mass is 10.0. The van der Waals surface area contributed by atoms with Crippen molar-refractivity contribution in [2.24, 2.45) is 0 Å². The van der Waals surface area contributed by atoms with E-state index in [0.717, 1.165) is 37.7 Å². The molecule has 38 heavy (non-hydrogen) atoms. The van der Waals surface area contributed by atoms with Crippen LogP contribution in [0.25, 0.3) is 0 Å². The van der Waals surface area contributed by atoms with Gasteiger partial charge in [0, 0.05) is 39.4 Å². The van der Waals surface area contributed by atoms with Gasteiger partial charge in [0.25, 0.3) is 0 Å². The normalized spacial score (nSPS) is 23.3. The third-order valence-corrected chi connectivity index (χ3v) is 6.93. The van der Waals surface area contributed by atoms with Crippen molar-refractivity contribution in [1.82, 2.24) is 14.8 Å². The SMILES string of the molecule is CO[C@@H]1CCCC1Oc1cc(NC(=O)N2CCC/C(=C/C(=C/C=O)CN3CCOCC3=O)C2)ncc1C#N. The number of carbonyl (C=O) groups is 3. The van der Waals surface area contributed by atoms with Gasteiger partial charge in [0.15, 0.2) is 0 Å². The number of methoxy groups -OCH3 is 1. The molecule has 1 N–H and O–H groups in total. The monoisotopic (exact) mass is 523 g/mol. The number of rotatable bonds is 8. The van der Waals surface area contributed by atoms with Crippen molar-refractivity contribution < 1.29 is 28.6 Å². The van der Waals surface area contributed by atoms with Gasteiger partial charge in [-0.05, 0) is 43.8 Å². The Labute approximate surface area is 222 Å². The number of nitriles is 1. The Balaban J connectivity index is 1.41. The number of pyridine rings is 1. The Kier molecular flexibility index (Phi) is 9.46. The summed E-state index contributed by atoms with van der Waals surface area (Å²) < 4.78 is 16.8. The summed E-state index contributed by atoms with van der Waals surface area (Å²) in [6.07, 6.45) is 9.52.